The Bertz CT molecular complexity index is 834. The maximum Gasteiger partial charge on any atom is 0.256 e. The molecule has 1 saturated carbocycles. The molecule has 1 aliphatic heterocycles. The highest BCUT2D eigenvalue weighted by Crippen LogP contribution is 2.35. The Morgan fingerprint density at radius 2 is 1.88 bits per heavy atom. The monoisotopic (exact) mass is 353 g/mol. The molecule has 0 unspecified atom stereocenters. The number of anilines is 1. The molecule has 1 saturated heterocycles. The third-order valence-electron chi connectivity index (χ3n) is 6.04. The van der Waals surface area contributed by atoms with Crippen LogP contribution in [0.4, 0.5) is 5.82 Å². The Morgan fingerprint density at radius 3 is 2.58 bits per heavy atom. The van der Waals surface area contributed by atoms with Crippen LogP contribution in [0.25, 0.3) is 0 Å². The van der Waals surface area contributed by atoms with E-state index in [9.17, 15) is 4.79 Å². The van der Waals surface area contributed by atoms with Crippen molar-refractivity contribution in [3.8, 4) is 0 Å². The number of hydrogen-bond donors (Lipinski definition) is 0. The maximum absolute atomic E-state index is 12.4. The van der Waals surface area contributed by atoms with Crippen LogP contribution in [0.15, 0.2) is 23.4 Å². The Labute approximate surface area is 154 Å². The molecule has 2 aromatic heterocycles. The molecule has 0 bridgehead atoms. The summed E-state index contributed by atoms with van der Waals surface area (Å²) in [6, 6.07) is 2.03. The SMILES string of the molecule is Cc1ncn(CC2CCN(c3ccnc(C4CCC4)n3)CC2)c(=O)c1C. The van der Waals surface area contributed by atoms with Gasteiger partial charge in [0.25, 0.3) is 5.56 Å². The molecule has 138 valence electrons. The normalized spacial score (nSPS) is 18.8. The Kier molecular flexibility index (Phi) is 4.74. The van der Waals surface area contributed by atoms with Gasteiger partial charge in [-0.05, 0) is 51.5 Å². The van der Waals surface area contributed by atoms with Gasteiger partial charge in [0, 0.05) is 43.0 Å². The van der Waals surface area contributed by atoms with Crippen LogP contribution < -0.4 is 10.5 Å². The molecule has 0 amide bonds. The average Bonchev–Trinajstić information content (AvgIpc) is 2.62. The highest BCUT2D eigenvalue weighted by atomic mass is 16.1. The van der Waals surface area contributed by atoms with Gasteiger partial charge in [0.2, 0.25) is 0 Å². The Hall–Kier alpha value is -2.24. The number of hydrogen-bond acceptors (Lipinski definition) is 5. The van der Waals surface area contributed by atoms with E-state index in [1.54, 1.807) is 10.9 Å². The summed E-state index contributed by atoms with van der Waals surface area (Å²) >= 11 is 0. The van der Waals surface area contributed by atoms with Crippen molar-refractivity contribution in [2.24, 2.45) is 5.92 Å². The van der Waals surface area contributed by atoms with Crippen LogP contribution in [0, 0.1) is 19.8 Å². The van der Waals surface area contributed by atoms with Crippen LogP contribution in [0.5, 0.6) is 0 Å². The molecule has 2 fully saturated rings. The van der Waals surface area contributed by atoms with Crippen molar-refractivity contribution in [1.29, 1.82) is 0 Å². The predicted octanol–water partition coefficient (Wildman–Crippen LogP) is 2.83. The molecule has 0 N–H and O–H groups in total. The van der Waals surface area contributed by atoms with Gasteiger partial charge in [-0.3, -0.25) is 9.36 Å². The van der Waals surface area contributed by atoms with Gasteiger partial charge in [-0.15, -0.1) is 0 Å². The lowest BCUT2D eigenvalue weighted by molar-refractivity contribution is 0.348. The highest BCUT2D eigenvalue weighted by Gasteiger charge is 2.25. The average molecular weight is 353 g/mol. The molecule has 2 aromatic rings. The van der Waals surface area contributed by atoms with Gasteiger partial charge in [0.15, 0.2) is 0 Å². The summed E-state index contributed by atoms with van der Waals surface area (Å²) in [6.45, 7) is 6.48. The number of piperidine rings is 1. The van der Waals surface area contributed by atoms with E-state index >= 15 is 0 Å². The molecule has 1 aliphatic carbocycles. The fourth-order valence-electron chi connectivity index (χ4n) is 3.83. The standard InChI is InChI=1S/C20H27N5O/c1-14-15(2)22-13-25(20(14)26)12-16-7-10-24(11-8-16)18-6-9-21-19(23-18)17-4-3-5-17/h6,9,13,16-17H,3-5,7-8,10-12H2,1-2H3. The zero-order valence-electron chi connectivity index (χ0n) is 15.7. The minimum Gasteiger partial charge on any atom is -0.356 e. The first-order valence-corrected chi connectivity index (χ1v) is 9.72. The highest BCUT2D eigenvalue weighted by molar-refractivity contribution is 5.38. The second-order valence-corrected chi connectivity index (χ2v) is 7.74. The summed E-state index contributed by atoms with van der Waals surface area (Å²) in [4.78, 5) is 28.4. The second-order valence-electron chi connectivity index (χ2n) is 7.74. The number of rotatable bonds is 4. The van der Waals surface area contributed by atoms with Crippen molar-refractivity contribution in [2.45, 2.75) is 58.4 Å². The van der Waals surface area contributed by atoms with E-state index in [1.807, 2.05) is 26.1 Å². The van der Waals surface area contributed by atoms with Crippen LogP contribution >= 0.6 is 0 Å². The van der Waals surface area contributed by atoms with Crippen molar-refractivity contribution >= 4 is 5.82 Å². The molecule has 2 aliphatic rings. The summed E-state index contributed by atoms with van der Waals surface area (Å²) in [5.74, 6) is 3.16. The van der Waals surface area contributed by atoms with E-state index in [0.717, 1.165) is 55.4 Å². The van der Waals surface area contributed by atoms with Crippen LogP contribution in [0.2, 0.25) is 0 Å². The molecule has 6 nitrogen and oxygen atoms in total. The minimum atomic E-state index is 0.0980. The smallest absolute Gasteiger partial charge is 0.256 e. The summed E-state index contributed by atoms with van der Waals surface area (Å²) in [5, 5.41) is 0. The minimum absolute atomic E-state index is 0.0980. The van der Waals surface area contributed by atoms with Crippen LogP contribution in [-0.4, -0.2) is 32.6 Å². The number of aromatic nitrogens is 4. The quantitative estimate of drug-likeness (QED) is 0.846. The molecule has 0 atom stereocenters. The molecule has 0 spiro atoms. The van der Waals surface area contributed by atoms with E-state index < -0.39 is 0 Å². The van der Waals surface area contributed by atoms with Crippen molar-refractivity contribution in [3.05, 3.63) is 46.0 Å². The fourth-order valence-corrected chi connectivity index (χ4v) is 3.83. The maximum atomic E-state index is 12.4. The second kappa shape index (κ2) is 7.17. The molecular weight excluding hydrogens is 326 g/mol. The summed E-state index contributed by atoms with van der Waals surface area (Å²) in [6.07, 6.45) is 9.50. The lowest BCUT2D eigenvalue weighted by Crippen LogP contribution is -2.37. The van der Waals surface area contributed by atoms with Crippen molar-refractivity contribution < 1.29 is 0 Å². The van der Waals surface area contributed by atoms with E-state index in [0.29, 0.717) is 11.8 Å². The van der Waals surface area contributed by atoms with E-state index in [1.165, 1.54) is 19.3 Å². The Balaban J connectivity index is 1.38. The van der Waals surface area contributed by atoms with Crippen LogP contribution in [0.1, 0.15) is 55.1 Å². The summed E-state index contributed by atoms with van der Waals surface area (Å²) in [5.41, 5.74) is 1.68. The molecule has 6 heteroatoms. The predicted molar refractivity (Wildman–Crippen MR) is 102 cm³/mol. The largest absolute Gasteiger partial charge is 0.356 e. The van der Waals surface area contributed by atoms with Gasteiger partial charge in [-0.1, -0.05) is 6.42 Å². The topological polar surface area (TPSA) is 63.9 Å². The number of aryl methyl sites for hydroxylation is 1. The van der Waals surface area contributed by atoms with E-state index in [4.69, 9.17) is 4.98 Å². The van der Waals surface area contributed by atoms with Gasteiger partial charge in [-0.2, -0.15) is 0 Å². The van der Waals surface area contributed by atoms with Gasteiger partial charge in [0.05, 0.1) is 6.33 Å². The van der Waals surface area contributed by atoms with Crippen molar-refractivity contribution in [2.75, 3.05) is 18.0 Å². The third kappa shape index (κ3) is 3.37. The summed E-state index contributed by atoms with van der Waals surface area (Å²) < 4.78 is 1.78. The fraction of sp³-hybridized carbons (Fsp3) is 0.600. The van der Waals surface area contributed by atoms with Crippen LogP contribution in [0.3, 0.4) is 0 Å². The van der Waals surface area contributed by atoms with Gasteiger partial charge in [0.1, 0.15) is 11.6 Å². The molecule has 4 rings (SSSR count). The molecule has 3 heterocycles. The summed E-state index contributed by atoms with van der Waals surface area (Å²) in [7, 11) is 0. The molecule has 0 radical (unpaired) electrons. The zero-order valence-corrected chi connectivity index (χ0v) is 15.7. The Morgan fingerprint density at radius 1 is 1.12 bits per heavy atom. The molecule has 26 heavy (non-hydrogen) atoms. The molecule has 0 aromatic carbocycles. The third-order valence-corrected chi connectivity index (χ3v) is 6.04. The van der Waals surface area contributed by atoms with Gasteiger partial charge in [-0.25, -0.2) is 15.0 Å². The van der Waals surface area contributed by atoms with Gasteiger partial charge < -0.3 is 4.90 Å². The van der Waals surface area contributed by atoms with E-state index in [-0.39, 0.29) is 5.56 Å². The lowest BCUT2D eigenvalue weighted by atomic mass is 9.85. The van der Waals surface area contributed by atoms with Crippen molar-refractivity contribution in [3.63, 3.8) is 0 Å². The molecular formula is C20H27N5O. The lowest BCUT2D eigenvalue weighted by Gasteiger charge is -2.33. The van der Waals surface area contributed by atoms with E-state index in [2.05, 4.69) is 14.9 Å². The number of nitrogens with zero attached hydrogens (tertiary/aromatic N) is 5. The van der Waals surface area contributed by atoms with Gasteiger partial charge >= 0.3 is 0 Å². The first kappa shape index (κ1) is 17.2. The zero-order chi connectivity index (χ0) is 18.1. The van der Waals surface area contributed by atoms with Crippen LogP contribution in [-0.2, 0) is 6.54 Å². The van der Waals surface area contributed by atoms with Crippen molar-refractivity contribution in [1.82, 2.24) is 19.5 Å². The first-order chi connectivity index (χ1) is 12.6. The first-order valence-electron chi connectivity index (χ1n) is 9.72.